The van der Waals surface area contributed by atoms with Gasteiger partial charge in [0, 0.05) is 6.61 Å². The highest BCUT2D eigenvalue weighted by Gasteiger charge is 2.60. The molecule has 4 heterocycles. The van der Waals surface area contributed by atoms with Crippen LogP contribution in [-0.2, 0) is 19.7 Å². The summed E-state index contributed by atoms with van der Waals surface area (Å²) >= 11 is 0. The second-order valence-corrected chi connectivity index (χ2v) is 12.0. The molecule has 252 valence electrons. The molecule has 1 unspecified atom stereocenters. The summed E-state index contributed by atoms with van der Waals surface area (Å²) in [5.41, 5.74) is -1.71. The molecule has 3 N–H and O–H groups in total. The Labute approximate surface area is 282 Å². The number of benzene rings is 3. The normalized spacial score (nSPS) is 24.0. The number of hydrogen-bond donors (Lipinski definition) is 3. The van der Waals surface area contributed by atoms with Gasteiger partial charge in [0.1, 0.15) is 23.5 Å². The lowest BCUT2D eigenvalue weighted by atomic mass is 9.77. The number of methoxy groups -OCH3 is 1. The topological polar surface area (TPSA) is 133 Å². The van der Waals surface area contributed by atoms with Crippen molar-refractivity contribution in [1.29, 1.82) is 0 Å². The predicted molar refractivity (Wildman–Crippen MR) is 180 cm³/mol. The minimum absolute atomic E-state index is 0.0181. The Morgan fingerprint density at radius 2 is 1.76 bits per heavy atom. The summed E-state index contributed by atoms with van der Waals surface area (Å²) in [6.45, 7) is -0.0906. The largest absolute Gasteiger partial charge is 0.497 e. The van der Waals surface area contributed by atoms with E-state index in [1.807, 2.05) is 84.9 Å². The van der Waals surface area contributed by atoms with E-state index < -0.39 is 48.1 Å². The van der Waals surface area contributed by atoms with E-state index in [-0.39, 0.29) is 17.1 Å². The van der Waals surface area contributed by atoms with Gasteiger partial charge in [-0.15, -0.1) is 6.42 Å². The molecule has 2 aromatic heterocycles. The third-order valence-electron chi connectivity index (χ3n) is 9.18. The van der Waals surface area contributed by atoms with Crippen molar-refractivity contribution < 1.29 is 28.4 Å². The molecular formula is C37H36FN5O6. The quantitative estimate of drug-likeness (QED) is 0.144. The number of aliphatic hydroxyl groups is 1. The Kier molecular flexibility index (Phi) is 8.92. The van der Waals surface area contributed by atoms with Crippen LogP contribution in [0.5, 0.6) is 5.75 Å². The molecule has 2 aliphatic rings. The van der Waals surface area contributed by atoms with Gasteiger partial charge in [-0.25, -0.2) is 9.37 Å². The van der Waals surface area contributed by atoms with Crippen molar-refractivity contribution in [1.82, 2.24) is 19.5 Å². The minimum Gasteiger partial charge on any atom is -0.497 e. The molecule has 0 spiro atoms. The van der Waals surface area contributed by atoms with Crippen LogP contribution in [0.4, 0.5) is 10.3 Å². The standard InChI is InChI=1S/C37H36FN5O6/c1-3-36(38)31(49-29-16-10-11-21-47-29)28(22-44)48-34(36)43-23-39-30-32(43)40-35(41-33(30)45)42-37(24-12-6-4-7-13-24,25-14-8-5-9-15-25)26-17-19-27(46-2)20-18-26/h1,4-9,12-15,17-20,23,28-29,31,34,44H,10-11,16,21-22H2,2H3,(H2,40,41,42,45)/t28-,29?,31-,34+,36-/m1/s1. The van der Waals surface area contributed by atoms with E-state index in [1.165, 1.54) is 10.9 Å². The molecule has 2 saturated heterocycles. The smallest absolute Gasteiger partial charge is 0.280 e. The van der Waals surface area contributed by atoms with Gasteiger partial charge in [-0.1, -0.05) is 78.7 Å². The van der Waals surface area contributed by atoms with Crippen molar-refractivity contribution in [2.75, 3.05) is 25.6 Å². The molecule has 0 amide bonds. The van der Waals surface area contributed by atoms with Crippen LogP contribution < -0.4 is 15.6 Å². The molecular weight excluding hydrogens is 629 g/mol. The Hall–Kier alpha value is -5.06. The van der Waals surface area contributed by atoms with Gasteiger partial charge in [0.25, 0.3) is 5.56 Å². The van der Waals surface area contributed by atoms with Crippen LogP contribution in [0.2, 0.25) is 0 Å². The summed E-state index contributed by atoms with van der Waals surface area (Å²) < 4.78 is 41.5. The van der Waals surface area contributed by atoms with Gasteiger partial charge in [0.05, 0.1) is 20.0 Å². The Bertz CT molecular complexity index is 1950. The molecule has 0 aliphatic carbocycles. The molecule has 3 aromatic carbocycles. The summed E-state index contributed by atoms with van der Waals surface area (Å²) in [7, 11) is 1.60. The summed E-state index contributed by atoms with van der Waals surface area (Å²) in [5.74, 6) is 2.97. The summed E-state index contributed by atoms with van der Waals surface area (Å²) in [6.07, 6.45) is 4.66. The molecule has 49 heavy (non-hydrogen) atoms. The van der Waals surface area contributed by atoms with Crippen LogP contribution in [0.3, 0.4) is 0 Å². The zero-order valence-corrected chi connectivity index (χ0v) is 26.8. The summed E-state index contributed by atoms with van der Waals surface area (Å²) in [5, 5.41) is 13.7. The van der Waals surface area contributed by atoms with Crippen molar-refractivity contribution in [3.63, 3.8) is 0 Å². The molecule has 5 atom stereocenters. The zero-order valence-electron chi connectivity index (χ0n) is 26.8. The number of anilines is 1. The molecule has 7 rings (SSSR count). The molecule has 0 radical (unpaired) electrons. The molecule has 12 heteroatoms. The van der Waals surface area contributed by atoms with Gasteiger partial charge in [0.2, 0.25) is 11.6 Å². The average Bonchev–Trinajstić information content (AvgIpc) is 3.70. The van der Waals surface area contributed by atoms with E-state index >= 15 is 4.39 Å². The third-order valence-corrected chi connectivity index (χ3v) is 9.18. The van der Waals surface area contributed by atoms with Crippen molar-refractivity contribution >= 4 is 17.1 Å². The first kappa shape index (κ1) is 32.5. The number of rotatable bonds is 10. The number of nitrogens with one attached hydrogen (secondary N) is 2. The van der Waals surface area contributed by atoms with E-state index in [4.69, 9.17) is 30.4 Å². The van der Waals surface area contributed by atoms with Crippen molar-refractivity contribution in [3.8, 4) is 18.1 Å². The highest BCUT2D eigenvalue weighted by atomic mass is 19.1. The molecule has 0 saturated carbocycles. The maximum Gasteiger partial charge on any atom is 0.280 e. The van der Waals surface area contributed by atoms with Crippen molar-refractivity contribution in [2.45, 2.75) is 55.2 Å². The molecule has 2 aliphatic heterocycles. The number of terminal acetylenes is 1. The number of alkyl halides is 1. The second kappa shape index (κ2) is 13.4. The van der Waals surface area contributed by atoms with Gasteiger partial charge >= 0.3 is 0 Å². The van der Waals surface area contributed by atoms with Crippen LogP contribution in [-0.4, -0.2) is 69.1 Å². The van der Waals surface area contributed by atoms with E-state index in [0.717, 1.165) is 29.5 Å². The molecule has 2 fully saturated rings. The lowest BCUT2D eigenvalue weighted by Gasteiger charge is -2.37. The number of nitrogens with zero attached hydrogens (tertiary/aromatic N) is 3. The number of aromatic nitrogens is 4. The molecule has 11 nitrogen and oxygen atoms in total. The van der Waals surface area contributed by atoms with Crippen LogP contribution in [0.25, 0.3) is 11.2 Å². The van der Waals surface area contributed by atoms with Crippen LogP contribution in [0.1, 0.15) is 42.2 Å². The fraction of sp³-hybridized carbons (Fsp3) is 0.324. The number of hydrogen-bond acceptors (Lipinski definition) is 9. The lowest BCUT2D eigenvalue weighted by molar-refractivity contribution is -0.211. The first-order chi connectivity index (χ1) is 23.9. The van der Waals surface area contributed by atoms with Gasteiger partial charge in [-0.05, 0) is 48.1 Å². The van der Waals surface area contributed by atoms with Crippen molar-refractivity contribution in [2.24, 2.45) is 0 Å². The Balaban J connectivity index is 1.35. The number of aromatic amines is 1. The maximum atomic E-state index is 17.0. The fourth-order valence-corrected chi connectivity index (χ4v) is 6.74. The summed E-state index contributed by atoms with van der Waals surface area (Å²) in [6, 6.07) is 27.1. The zero-order chi connectivity index (χ0) is 34.0. The SMILES string of the molecule is C#C[C@@]1(F)[C@H](OC2CCCCO2)[C@@H](CO)O[C@@H]1n1cnc2c(=O)[nH]c(NC(c3ccccc3)(c3ccccc3)c3ccc(OC)cc3)nc21. The predicted octanol–water partition coefficient (Wildman–Crippen LogP) is 4.68. The van der Waals surface area contributed by atoms with Gasteiger partial charge < -0.3 is 29.4 Å². The Morgan fingerprint density at radius 3 is 2.35 bits per heavy atom. The Morgan fingerprint density at radius 1 is 1.08 bits per heavy atom. The number of imidazole rings is 1. The first-order valence-corrected chi connectivity index (χ1v) is 16.1. The fourth-order valence-electron chi connectivity index (χ4n) is 6.74. The number of halogens is 1. The highest BCUT2D eigenvalue weighted by molar-refractivity contribution is 5.72. The highest BCUT2D eigenvalue weighted by Crippen LogP contribution is 2.45. The second-order valence-electron chi connectivity index (χ2n) is 12.0. The van der Waals surface area contributed by atoms with E-state index in [0.29, 0.717) is 18.8 Å². The van der Waals surface area contributed by atoms with Gasteiger partial charge in [-0.3, -0.25) is 14.3 Å². The molecule has 5 aromatic rings. The average molecular weight is 666 g/mol. The number of aliphatic hydroxyl groups excluding tert-OH is 1. The third kappa shape index (κ3) is 5.74. The van der Waals surface area contributed by atoms with Crippen molar-refractivity contribution in [3.05, 3.63) is 118 Å². The number of fused-ring (bicyclic) bond motifs is 1. The lowest BCUT2D eigenvalue weighted by Crippen LogP contribution is -2.46. The number of H-pyrrole nitrogens is 1. The maximum absolute atomic E-state index is 17.0. The van der Waals surface area contributed by atoms with E-state index in [1.54, 1.807) is 7.11 Å². The van der Waals surface area contributed by atoms with Crippen LogP contribution in [0, 0.1) is 12.3 Å². The van der Waals surface area contributed by atoms with E-state index in [9.17, 15) is 9.90 Å². The van der Waals surface area contributed by atoms with Crippen LogP contribution >= 0.6 is 0 Å². The first-order valence-electron chi connectivity index (χ1n) is 16.1. The van der Waals surface area contributed by atoms with Gasteiger partial charge in [0.15, 0.2) is 23.7 Å². The monoisotopic (exact) mass is 665 g/mol. The molecule has 0 bridgehead atoms. The number of ether oxygens (including phenoxy) is 4. The van der Waals surface area contributed by atoms with Gasteiger partial charge in [-0.2, -0.15) is 4.98 Å². The van der Waals surface area contributed by atoms with Crippen LogP contribution in [0.15, 0.2) is 96.1 Å². The summed E-state index contributed by atoms with van der Waals surface area (Å²) in [4.78, 5) is 25.5. The van der Waals surface area contributed by atoms with E-state index in [2.05, 4.69) is 21.2 Å². The minimum atomic E-state index is -2.57.